The fourth-order valence-corrected chi connectivity index (χ4v) is 1.19. The Bertz CT molecular complexity index is 485. The van der Waals surface area contributed by atoms with Gasteiger partial charge in [-0.2, -0.15) is 0 Å². The van der Waals surface area contributed by atoms with Gasteiger partial charge in [0.1, 0.15) is 12.1 Å². The summed E-state index contributed by atoms with van der Waals surface area (Å²) < 4.78 is 5.21. The first kappa shape index (κ1) is 13.9. The van der Waals surface area contributed by atoms with Crippen LogP contribution in [-0.4, -0.2) is 23.0 Å². The highest BCUT2D eigenvalue weighted by Gasteiger charge is 2.28. The number of hydrogen-bond donors (Lipinski definition) is 2. The molecule has 0 aliphatic rings. The van der Waals surface area contributed by atoms with Crippen LogP contribution in [0, 0.1) is 17.0 Å². The van der Waals surface area contributed by atoms with E-state index >= 15 is 0 Å². The topological polar surface area (TPSA) is 121 Å². The molecular weight excluding hydrogens is 238 g/mol. The van der Waals surface area contributed by atoms with Crippen LogP contribution in [0.2, 0.25) is 0 Å². The molecule has 1 amide bonds. The highest BCUT2D eigenvalue weighted by molar-refractivity contribution is 5.84. The molecule has 0 radical (unpaired) electrons. The van der Waals surface area contributed by atoms with Crippen LogP contribution in [0.5, 0.6) is 5.75 Å². The first-order chi connectivity index (χ1) is 8.24. The number of ether oxygens (including phenoxy) is 1. The van der Waals surface area contributed by atoms with Crippen LogP contribution in [0.1, 0.15) is 12.5 Å². The van der Waals surface area contributed by atoms with E-state index in [9.17, 15) is 14.9 Å². The molecule has 1 rings (SSSR count). The Morgan fingerprint density at radius 3 is 2.67 bits per heavy atom. The van der Waals surface area contributed by atoms with Gasteiger partial charge >= 0.3 is 5.69 Å². The molecule has 18 heavy (non-hydrogen) atoms. The summed E-state index contributed by atoms with van der Waals surface area (Å²) in [7, 11) is 0. The minimum absolute atomic E-state index is 0.0588. The Balaban J connectivity index is 2.92. The quantitative estimate of drug-likeness (QED) is 0.584. The lowest BCUT2D eigenvalue weighted by atomic mass is 10.1. The average molecular weight is 253 g/mol. The molecule has 0 aromatic heterocycles. The fraction of sp³-hybridized carbons (Fsp3) is 0.364. The molecule has 4 N–H and O–H groups in total. The number of primary amides is 1. The molecule has 1 atom stereocenters. The molecule has 0 aliphatic carbocycles. The van der Waals surface area contributed by atoms with Crippen LogP contribution in [0.15, 0.2) is 18.2 Å². The van der Waals surface area contributed by atoms with Gasteiger partial charge in [-0.25, -0.2) is 0 Å². The van der Waals surface area contributed by atoms with Crippen LogP contribution in [0.4, 0.5) is 5.69 Å². The van der Waals surface area contributed by atoms with E-state index in [4.69, 9.17) is 16.2 Å². The molecule has 1 unspecified atom stereocenters. The zero-order valence-corrected chi connectivity index (χ0v) is 10.2. The number of amides is 1. The summed E-state index contributed by atoms with van der Waals surface area (Å²) in [5.41, 5.74) is 9.86. The minimum Gasteiger partial charge on any atom is -0.484 e. The first-order valence-electron chi connectivity index (χ1n) is 5.20. The van der Waals surface area contributed by atoms with E-state index in [1.807, 2.05) is 0 Å². The Morgan fingerprint density at radius 1 is 1.56 bits per heavy atom. The predicted molar refractivity (Wildman–Crippen MR) is 65.1 cm³/mol. The summed E-state index contributed by atoms with van der Waals surface area (Å²) in [6.45, 7) is 2.90. The first-order valence-corrected chi connectivity index (χ1v) is 5.20. The number of nitrogens with two attached hydrogens (primary N) is 2. The second-order valence-electron chi connectivity index (χ2n) is 4.30. The summed E-state index contributed by atoms with van der Waals surface area (Å²) in [6.07, 6.45) is 0. The van der Waals surface area contributed by atoms with E-state index in [1.54, 1.807) is 13.0 Å². The SMILES string of the molecule is Cc1ccc(OCC(C)(N)C(N)=O)c([N+](=O)[O-])c1. The van der Waals surface area contributed by atoms with Gasteiger partial charge in [0.25, 0.3) is 0 Å². The Labute approximate surface area is 104 Å². The molecule has 0 saturated carbocycles. The van der Waals surface area contributed by atoms with Crippen molar-refractivity contribution in [3.8, 4) is 5.75 Å². The van der Waals surface area contributed by atoms with E-state index in [1.165, 1.54) is 19.1 Å². The lowest BCUT2D eigenvalue weighted by Gasteiger charge is -2.20. The van der Waals surface area contributed by atoms with Crippen molar-refractivity contribution >= 4 is 11.6 Å². The van der Waals surface area contributed by atoms with Gasteiger partial charge in [0.05, 0.1) is 4.92 Å². The molecule has 0 spiro atoms. The lowest BCUT2D eigenvalue weighted by molar-refractivity contribution is -0.385. The van der Waals surface area contributed by atoms with Crippen molar-refractivity contribution in [2.45, 2.75) is 19.4 Å². The Kier molecular flexibility index (Phi) is 3.87. The summed E-state index contributed by atoms with van der Waals surface area (Å²) in [4.78, 5) is 21.3. The zero-order valence-electron chi connectivity index (χ0n) is 10.2. The number of aryl methyl sites for hydroxylation is 1. The van der Waals surface area contributed by atoms with Crippen molar-refractivity contribution in [1.29, 1.82) is 0 Å². The fourth-order valence-electron chi connectivity index (χ4n) is 1.19. The number of nitro benzene ring substituents is 1. The minimum atomic E-state index is -1.38. The van der Waals surface area contributed by atoms with Crippen LogP contribution in [-0.2, 0) is 4.79 Å². The van der Waals surface area contributed by atoms with Crippen molar-refractivity contribution in [1.82, 2.24) is 0 Å². The van der Waals surface area contributed by atoms with E-state index in [0.29, 0.717) is 0 Å². The molecular formula is C11H15N3O4. The number of carbonyl (C=O) groups is 1. The average Bonchev–Trinajstić information content (AvgIpc) is 2.27. The van der Waals surface area contributed by atoms with Crippen molar-refractivity contribution in [2.24, 2.45) is 11.5 Å². The van der Waals surface area contributed by atoms with Gasteiger partial charge in [-0.1, -0.05) is 6.07 Å². The number of hydrogen-bond acceptors (Lipinski definition) is 5. The Morgan fingerprint density at radius 2 is 2.17 bits per heavy atom. The van der Waals surface area contributed by atoms with Crippen molar-refractivity contribution in [3.63, 3.8) is 0 Å². The summed E-state index contributed by atoms with van der Waals surface area (Å²) in [5.74, 6) is -0.680. The third kappa shape index (κ3) is 3.17. The smallest absolute Gasteiger partial charge is 0.311 e. The molecule has 0 aliphatic heterocycles. The molecule has 0 saturated heterocycles. The monoisotopic (exact) mass is 253 g/mol. The normalized spacial score (nSPS) is 13.7. The van der Waals surface area contributed by atoms with E-state index in [0.717, 1.165) is 5.56 Å². The molecule has 7 nitrogen and oxygen atoms in total. The summed E-state index contributed by atoms with van der Waals surface area (Å²) >= 11 is 0. The van der Waals surface area contributed by atoms with E-state index in [-0.39, 0.29) is 18.0 Å². The van der Waals surface area contributed by atoms with Crippen LogP contribution in [0.3, 0.4) is 0 Å². The third-order valence-corrected chi connectivity index (χ3v) is 2.40. The second kappa shape index (κ2) is 5.01. The number of carbonyl (C=O) groups excluding carboxylic acids is 1. The van der Waals surface area contributed by atoms with Crippen LogP contribution >= 0.6 is 0 Å². The van der Waals surface area contributed by atoms with Gasteiger partial charge in [-0.05, 0) is 25.5 Å². The number of benzene rings is 1. The maximum Gasteiger partial charge on any atom is 0.311 e. The van der Waals surface area contributed by atoms with Crippen molar-refractivity contribution in [2.75, 3.05) is 6.61 Å². The zero-order chi connectivity index (χ0) is 13.9. The second-order valence-corrected chi connectivity index (χ2v) is 4.30. The Hall–Kier alpha value is -2.15. The van der Waals surface area contributed by atoms with Crippen LogP contribution in [0.25, 0.3) is 0 Å². The number of nitro groups is 1. The molecule has 7 heteroatoms. The lowest BCUT2D eigenvalue weighted by Crippen LogP contribution is -2.53. The highest BCUT2D eigenvalue weighted by Crippen LogP contribution is 2.28. The van der Waals surface area contributed by atoms with Gasteiger partial charge in [0.15, 0.2) is 5.75 Å². The maximum atomic E-state index is 11.0. The van der Waals surface area contributed by atoms with E-state index in [2.05, 4.69) is 0 Å². The predicted octanol–water partition coefficient (Wildman–Crippen LogP) is 0.485. The molecule has 0 heterocycles. The molecule has 98 valence electrons. The summed E-state index contributed by atoms with van der Waals surface area (Å²) in [6, 6.07) is 4.51. The molecule has 1 aromatic rings. The number of nitrogens with zero attached hydrogens (tertiary/aromatic N) is 1. The third-order valence-electron chi connectivity index (χ3n) is 2.40. The highest BCUT2D eigenvalue weighted by atomic mass is 16.6. The van der Waals surface area contributed by atoms with Gasteiger partial charge < -0.3 is 16.2 Å². The van der Waals surface area contributed by atoms with Crippen LogP contribution < -0.4 is 16.2 Å². The van der Waals surface area contributed by atoms with E-state index < -0.39 is 16.4 Å². The van der Waals surface area contributed by atoms with Gasteiger partial charge in [-0.15, -0.1) is 0 Å². The van der Waals surface area contributed by atoms with Crippen molar-refractivity contribution < 1.29 is 14.5 Å². The largest absolute Gasteiger partial charge is 0.484 e. The molecule has 0 bridgehead atoms. The van der Waals surface area contributed by atoms with Gasteiger partial charge in [-0.3, -0.25) is 14.9 Å². The van der Waals surface area contributed by atoms with Gasteiger partial charge in [0, 0.05) is 6.07 Å². The molecule has 0 fully saturated rings. The molecule has 1 aromatic carbocycles. The number of rotatable bonds is 5. The maximum absolute atomic E-state index is 11.0. The van der Waals surface area contributed by atoms with Crippen molar-refractivity contribution in [3.05, 3.63) is 33.9 Å². The summed E-state index contributed by atoms with van der Waals surface area (Å²) in [5, 5.41) is 10.8. The van der Waals surface area contributed by atoms with Gasteiger partial charge in [0.2, 0.25) is 5.91 Å². The standard InChI is InChI=1S/C11H15N3O4/c1-7-3-4-9(8(5-7)14(16)17)18-6-11(2,13)10(12)15/h3-5H,6,13H2,1-2H3,(H2,12,15).